The third-order valence-electron chi connectivity index (χ3n) is 1.76. The lowest BCUT2D eigenvalue weighted by Crippen LogP contribution is -2.31. The molecule has 0 aliphatic carbocycles. The molecule has 0 saturated carbocycles. The van der Waals surface area contributed by atoms with Crippen LogP contribution in [-0.2, 0) is 4.79 Å². The topological polar surface area (TPSA) is 66.8 Å². The van der Waals surface area contributed by atoms with E-state index in [1.54, 1.807) is 0 Å². The molecule has 0 aliphatic rings. The smallest absolute Gasteiger partial charge is 0.387 e. The van der Waals surface area contributed by atoms with E-state index in [0.29, 0.717) is 0 Å². The first-order chi connectivity index (χ1) is 7.91. The van der Waals surface area contributed by atoms with Gasteiger partial charge < -0.3 is 14.7 Å². The van der Waals surface area contributed by atoms with E-state index in [2.05, 4.69) is 4.74 Å². The van der Waals surface area contributed by atoms with Gasteiger partial charge in [-0.15, -0.1) is 11.3 Å². The molecule has 1 aromatic heterocycles. The molecule has 0 radical (unpaired) electrons. The lowest BCUT2D eigenvalue weighted by atomic mass is 10.3. The first-order valence-electron chi connectivity index (χ1n) is 4.41. The Bertz CT molecular complexity index is 421. The van der Waals surface area contributed by atoms with E-state index in [-0.39, 0.29) is 10.6 Å². The normalized spacial score (nSPS) is 10.4. The van der Waals surface area contributed by atoms with E-state index < -0.39 is 25.0 Å². The van der Waals surface area contributed by atoms with Gasteiger partial charge in [0, 0.05) is 7.05 Å². The number of rotatable bonds is 5. The highest BCUT2D eigenvalue weighted by atomic mass is 32.1. The van der Waals surface area contributed by atoms with Crippen molar-refractivity contribution in [1.29, 1.82) is 0 Å². The number of thiophene rings is 1. The summed E-state index contributed by atoms with van der Waals surface area (Å²) in [5.41, 5.74) is 0. The standard InChI is InChI=1S/C9H9F2NO4S/c1-12(4-6(13)14)8(15)7-5(2-3-17-7)16-9(10)11/h2-3,9H,4H2,1H3,(H,13,14). The molecule has 0 spiro atoms. The summed E-state index contributed by atoms with van der Waals surface area (Å²) in [7, 11) is 1.27. The number of ether oxygens (including phenoxy) is 1. The molecule has 0 atom stereocenters. The number of carboxylic acids is 1. The average Bonchev–Trinajstić information content (AvgIpc) is 2.62. The molecule has 5 nitrogen and oxygen atoms in total. The third kappa shape index (κ3) is 3.66. The molecule has 0 aromatic carbocycles. The van der Waals surface area contributed by atoms with Crippen molar-refractivity contribution in [3.05, 3.63) is 16.3 Å². The van der Waals surface area contributed by atoms with Gasteiger partial charge >= 0.3 is 12.6 Å². The number of nitrogens with zero attached hydrogens (tertiary/aromatic N) is 1. The molecule has 0 aliphatic heterocycles. The Morgan fingerprint density at radius 2 is 2.24 bits per heavy atom. The molecule has 1 heterocycles. The molecule has 0 bridgehead atoms. The number of amides is 1. The first-order valence-corrected chi connectivity index (χ1v) is 5.29. The maximum Gasteiger partial charge on any atom is 0.387 e. The van der Waals surface area contributed by atoms with Gasteiger partial charge in [-0.3, -0.25) is 9.59 Å². The van der Waals surface area contributed by atoms with Crippen LogP contribution in [0.25, 0.3) is 0 Å². The molecule has 17 heavy (non-hydrogen) atoms. The Kier molecular flexibility index (Phi) is 4.38. The van der Waals surface area contributed by atoms with Gasteiger partial charge in [-0.2, -0.15) is 8.78 Å². The van der Waals surface area contributed by atoms with Crippen LogP contribution in [0.15, 0.2) is 11.4 Å². The molecule has 8 heteroatoms. The Balaban J connectivity index is 2.81. The van der Waals surface area contributed by atoms with Gasteiger partial charge in [-0.25, -0.2) is 0 Å². The van der Waals surface area contributed by atoms with Gasteiger partial charge in [0.15, 0.2) is 0 Å². The molecule has 0 saturated heterocycles. The molecule has 0 fully saturated rings. The van der Waals surface area contributed by atoms with Gasteiger partial charge in [-0.1, -0.05) is 0 Å². The van der Waals surface area contributed by atoms with Gasteiger partial charge in [0.2, 0.25) is 0 Å². The summed E-state index contributed by atoms with van der Waals surface area (Å²) in [6.07, 6.45) is 0. The van der Waals surface area contributed by atoms with E-state index in [1.807, 2.05) is 0 Å². The Labute approximate surface area is 99.2 Å². The van der Waals surface area contributed by atoms with Gasteiger partial charge in [0.1, 0.15) is 17.2 Å². The largest absolute Gasteiger partial charge is 0.480 e. The monoisotopic (exact) mass is 265 g/mol. The Hall–Kier alpha value is -1.70. The summed E-state index contributed by atoms with van der Waals surface area (Å²) in [6, 6.07) is 1.23. The van der Waals surface area contributed by atoms with E-state index >= 15 is 0 Å². The van der Waals surface area contributed by atoms with Crippen LogP contribution < -0.4 is 4.74 Å². The first kappa shape index (κ1) is 13.4. The summed E-state index contributed by atoms with van der Waals surface area (Å²) in [5.74, 6) is -2.10. The van der Waals surface area contributed by atoms with Crippen molar-refractivity contribution in [3.8, 4) is 5.75 Å². The number of likely N-dealkylation sites (N-methyl/N-ethyl adjacent to an activating group) is 1. The molecular weight excluding hydrogens is 256 g/mol. The predicted octanol–water partition coefficient (Wildman–Crippen LogP) is 1.51. The SMILES string of the molecule is CN(CC(=O)O)C(=O)c1sccc1OC(F)F. The van der Waals surface area contributed by atoms with Gasteiger partial charge in [0.05, 0.1) is 0 Å². The molecular formula is C9H9F2NO4S. The van der Waals surface area contributed by atoms with Crippen LogP contribution in [0.4, 0.5) is 8.78 Å². The fraction of sp³-hybridized carbons (Fsp3) is 0.333. The predicted molar refractivity (Wildman–Crippen MR) is 55.5 cm³/mol. The number of carboxylic acid groups (broad SMARTS) is 1. The van der Waals surface area contributed by atoms with Crippen LogP contribution in [0.1, 0.15) is 9.67 Å². The lowest BCUT2D eigenvalue weighted by Gasteiger charge is -2.14. The fourth-order valence-electron chi connectivity index (χ4n) is 1.09. The zero-order valence-corrected chi connectivity index (χ0v) is 9.54. The Morgan fingerprint density at radius 3 is 2.76 bits per heavy atom. The van der Waals surface area contributed by atoms with Crippen LogP contribution in [0.5, 0.6) is 5.75 Å². The number of carbonyl (C=O) groups is 2. The lowest BCUT2D eigenvalue weighted by molar-refractivity contribution is -0.137. The molecule has 1 N–H and O–H groups in total. The highest BCUT2D eigenvalue weighted by molar-refractivity contribution is 7.12. The molecule has 94 valence electrons. The van der Waals surface area contributed by atoms with Crippen LogP contribution in [0, 0.1) is 0 Å². The van der Waals surface area contributed by atoms with Crippen molar-refractivity contribution in [1.82, 2.24) is 4.90 Å². The minimum absolute atomic E-state index is 0.0472. The molecule has 1 amide bonds. The minimum atomic E-state index is -3.03. The van der Waals surface area contributed by atoms with Crippen molar-refractivity contribution in [2.75, 3.05) is 13.6 Å². The van der Waals surface area contributed by atoms with Crippen LogP contribution in [0.3, 0.4) is 0 Å². The highest BCUT2D eigenvalue weighted by Gasteiger charge is 2.21. The second kappa shape index (κ2) is 5.58. The summed E-state index contributed by atoms with van der Waals surface area (Å²) in [5, 5.41) is 9.92. The summed E-state index contributed by atoms with van der Waals surface area (Å²) in [6.45, 7) is -3.54. The fourth-order valence-corrected chi connectivity index (χ4v) is 1.91. The maximum atomic E-state index is 12.0. The molecule has 0 unspecified atom stereocenters. The van der Waals surface area contributed by atoms with Crippen LogP contribution in [0.2, 0.25) is 0 Å². The van der Waals surface area contributed by atoms with Crippen molar-refractivity contribution >= 4 is 23.2 Å². The highest BCUT2D eigenvalue weighted by Crippen LogP contribution is 2.27. The zero-order valence-electron chi connectivity index (χ0n) is 8.72. The minimum Gasteiger partial charge on any atom is -0.480 e. The molecule has 1 rings (SSSR count). The number of hydrogen-bond donors (Lipinski definition) is 1. The van der Waals surface area contributed by atoms with E-state index in [9.17, 15) is 18.4 Å². The van der Waals surface area contributed by atoms with Gasteiger partial charge in [0.25, 0.3) is 5.91 Å². The second-order valence-electron chi connectivity index (χ2n) is 3.05. The van der Waals surface area contributed by atoms with Crippen molar-refractivity contribution in [2.45, 2.75) is 6.61 Å². The summed E-state index contributed by atoms with van der Waals surface area (Å²) >= 11 is 0.913. The van der Waals surface area contributed by atoms with Crippen LogP contribution >= 0.6 is 11.3 Å². The van der Waals surface area contributed by atoms with E-state index in [0.717, 1.165) is 16.2 Å². The maximum absolute atomic E-state index is 12.0. The quantitative estimate of drug-likeness (QED) is 0.876. The van der Waals surface area contributed by atoms with Crippen molar-refractivity contribution in [2.24, 2.45) is 0 Å². The second-order valence-corrected chi connectivity index (χ2v) is 3.96. The average molecular weight is 265 g/mol. The van der Waals surface area contributed by atoms with E-state index in [1.165, 1.54) is 18.5 Å². The number of halogens is 2. The number of hydrogen-bond acceptors (Lipinski definition) is 4. The van der Waals surface area contributed by atoms with Crippen LogP contribution in [-0.4, -0.2) is 42.1 Å². The zero-order chi connectivity index (χ0) is 13.0. The summed E-state index contributed by atoms with van der Waals surface area (Å²) < 4.78 is 28.2. The van der Waals surface area contributed by atoms with Crippen molar-refractivity contribution in [3.63, 3.8) is 0 Å². The summed E-state index contributed by atoms with van der Waals surface area (Å²) in [4.78, 5) is 23.0. The third-order valence-corrected chi connectivity index (χ3v) is 2.64. The number of alkyl halides is 2. The number of aliphatic carboxylic acids is 1. The van der Waals surface area contributed by atoms with E-state index in [4.69, 9.17) is 5.11 Å². The molecule has 1 aromatic rings. The number of carbonyl (C=O) groups excluding carboxylic acids is 1. The van der Waals surface area contributed by atoms with Crippen molar-refractivity contribution < 1.29 is 28.2 Å². The van der Waals surface area contributed by atoms with Gasteiger partial charge in [-0.05, 0) is 11.4 Å². The Morgan fingerprint density at radius 1 is 1.59 bits per heavy atom.